The molecule has 0 atom stereocenters. The molecule has 0 unspecified atom stereocenters. The Morgan fingerprint density at radius 1 is 1.00 bits per heavy atom. The molecule has 92 valence electrons. The summed E-state index contributed by atoms with van der Waals surface area (Å²) in [6.45, 7) is 0. The molecule has 0 saturated carbocycles. The molecule has 0 saturated heterocycles. The molecular formula is C15H14O3. The molecule has 3 nitrogen and oxygen atoms in total. The van der Waals surface area contributed by atoms with Gasteiger partial charge in [0, 0.05) is 12.0 Å². The molecule has 0 aliphatic carbocycles. The molecule has 0 aliphatic rings. The highest BCUT2D eigenvalue weighted by Crippen LogP contribution is 2.28. The molecule has 0 bridgehead atoms. The fourth-order valence-corrected chi connectivity index (χ4v) is 1.82. The number of rotatable bonds is 4. The van der Waals surface area contributed by atoms with Crippen LogP contribution in [0.15, 0.2) is 48.5 Å². The third-order valence-corrected chi connectivity index (χ3v) is 2.80. The van der Waals surface area contributed by atoms with Gasteiger partial charge in [0.1, 0.15) is 5.75 Å². The highest BCUT2D eigenvalue weighted by molar-refractivity contribution is 5.70. The van der Waals surface area contributed by atoms with Gasteiger partial charge in [0.05, 0.1) is 0 Å². The summed E-state index contributed by atoms with van der Waals surface area (Å²) in [5, 5.41) is 18.3. The number of phenolic OH excluding ortho intramolecular Hbond substituents is 1. The molecule has 3 heteroatoms. The van der Waals surface area contributed by atoms with Crippen molar-refractivity contribution >= 4 is 5.97 Å². The lowest BCUT2D eigenvalue weighted by Crippen LogP contribution is -1.97. The third kappa shape index (κ3) is 2.88. The first-order chi connectivity index (χ1) is 8.66. The lowest BCUT2D eigenvalue weighted by Gasteiger charge is -2.05. The average Bonchev–Trinajstić information content (AvgIpc) is 2.38. The van der Waals surface area contributed by atoms with Crippen LogP contribution in [0.25, 0.3) is 11.1 Å². The van der Waals surface area contributed by atoms with E-state index in [0.717, 1.165) is 16.7 Å². The van der Waals surface area contributed by atoms with Gasteiger partial charge in [-0.15, -0.1) is 0 Å². The van der Waals surface area contributed by atoms with Crippen LogP contribution in [0.5, 0.6) is 5.75 Å². The standard InChI is InChI=1S/C15H14O3/c16-14-4-2-1-3-13(14)12-8-5-11(6-9-12)7-10-15(17)18/h1-6,8-9,16H,7,10H2,(H,17,18). The predicted molar refractivity (Wildman–Crippen MR) is 69.5 cm³/mol. The van der Waals surface area contributed by atoms with Crippen LogP contribution in [0.4, 0.5) is 0 Å². The molecule has 2 N–H and O–H groups in total. The fraction of sp³-hybridized carbons (Fsp3) is 0.133. The number of aromatic hydroxyl groups is 1. The topological polar surface area (TPSA) is 57.5 Å². The van der Waals surface area contributed by atoms with E-state index >= 15 is 0 Å². The summed E-state index contributed by atoms with van der Waals surface area (Å²) in [7, 11) is 0. The Balaban J connectivity index is 2.17. The minimum absolute atomic E-state index is 0.135. The smallest absolute Gasteiger partial charge is 0.303 e. The van der Waals surface area contributed by atoms with E-state index in [2.05, 4.69) is 0 Å². The van der Waals surface area contributed by atoms with Crippen LogP contribution in [0.3, 0.4) is 0 Å². The first-order valence-electron chi connectivity index (χ1n) is 5.76. The minimum Gasteiger partial charge on any atom is -0.507 e. The second-order valence-corrected chi connectivity index (χ2v) is 4.11. The molecule has 2 rings (SSSR count). The lowest BCUT2D eigenvalue weighted by molar-refractivity contribution is -0.136. The maximum Gasteiger partial charge on any atom is 0.303 e. The van der Waals surface area contributed by atoms with Gasteiger partial charge >= 0.3 is 5.97 Å². The normalized spacial score (nSPS) is 10.2. The highest BCUT2D eigenvalue weighted by Gasteiger charge is 2.03. The van der Waals surface area contributed by atoms with Gasteiger partial charge in [-0.3, -0.25) is 4.79 Å². The van der Waals surface area contributed by atoms with E-state index in [0.29, 0.717) is 6.42 Å². The summed E-state index contributed by atoms with van der Waals surface area (Å²) in [6.07, 6.45) is 0.659. The maximum absolute atomic E-state index is 10.5. The molecule has 0 fully saturated rings. The van der Waals surface area contributed by atoms with E-state index < -0.39 is 5.97 Å². The van der Waals surface area contributed by atoms with Crippen LogP contribution < -0.4 is 0 Å². The highest BCUT2D eigenvalue weighted by atomic mass is 16.4. The summed E-state index contributed by atoms with van der Waals surface area (Å²) in [4.78, 5) is 10.5. The lowest BCUT2D eigenvalue weighted by atomic mass is 10.0. The zero-order valence-electron chi connectivity index (χ0n) is 9.84. The number of carboxylic acid groups (broad SMARTS) is 1. The second-order valence-electron chi connectivity index (χ2n) is 4.11. The number of benzene rings is 2. The molecule has 0 aromatic heterocycles. The average molecular weight is 242 g/mol. The maximum atomic E-state index is 10.5. The molecule has 0 radical (unpaired) electrons. The van der Waals surface area contributed by atoms with Crippen LogP contribution in [0, 0.1) is 0 Å². The van der Waals surface area contributed by atoms with Crippen molar-refractivity contribution in [3.05, 3.63) is 54.1 Å². The summed E-state index contributed by atoms with van der Waals surface area (Å²) in [6, 6.07) is 14.7. The monoisotopic (exact) mass is 242 g/mol. The van der Waals surface area contributed by atoms with Crippen molar-refractivity contribution in [2.45, 2.75) is 12.8 Å². The van der Waals surface area contributed by atoms with Crippen LogP contribution in [0.1, 0.15) is 12.0 Å². The van der Waals surface area contributed by atoms with E-state index in [1.54, 1.807) is 12.1 Å². The number of hydrogen-bond donors (Lipinski definition) is 2. The van der Waals surface area contributed by atoms with Gasteiger partial charge in [-0.1, -0.05) is 42.5 Å². The third-order valence-electron chi connectivity index (χ3n) is 2.80. The van der Waals surface area contributed by atoms with Crippen LogP contribution in [-0.4, -0.2) is 16.2 Å². The van der Waals surface area contributed by atoms with Gasteiger partial charge in [0.25, 0.3) is 0 Å². The largest absolute Gasteiger partial charge is 0.507 e. The first kappa shape index (κ1) is 12.2. The zero-order chi connectivity index (χ0) is 13.0. The Kier molecular flexibility index (Phi) is 3.63. The Morgan fingerprint density at radius 2 is 1.67 bits per heavy atom. The molecule has 2 aromatic rings. The molecule has 2 aromatic carbocycles. The zero-order valence-corrected chi connectivity index (χ0v) is 9.84. The number of para-hydroxylation sites is 1. The van der Waals surface area contributed by atoms with Crippen molar-refractivity contribution in [1.82, 2.24) is 0 Å². The van der Waals surface area contributed by atoms with Crippen molar-refractivity contribution in [3.63, 3.8) is 0 Å². The van der Waals surface area contributed by atoms with E-state index in [1.165, 1.54) is 0 Å². The number of carbonyl (C=O) groups is 1. The van der Waals surface area contributed by atoms with Gasteiger partial charge in [0.2, 0.25) is 0 Å². The van der Waals surface area contributed by atoms with Gasteiger partial charge in [-0.05, 0) is 23.6 Å². The summed E-state index contributed by atoms with van der Waals surface area (Å²) < 4.78 is 0. The predicted octanol–water partition coefficient (Wildman–Crippen LogP) is 3.08. The number of hydrogen-bond acceptors (Lipinski definition) is 2. The van der Waals surface area contributed by atoms with E-state index in [-0.39, 0.29) is 12.2 Å². The van der Waals surface area contributed by atoms with Crippen molar-refractivity contribution < 1.29 is 15.0 Å². The van der Waals surface area contributed by atoms with Gasteiger partial charge in [-0.2, -0.15) is 0 Å². The summed E-state index contributed by atoms with van der Waals surface area (Å²) in [5.74, 6) is -0.546. The second kappa shape index (κ2) is 5.36. The van der Waals surface area contributed by atoms with Crippen molar-refractivity contribution in [2.75, 3.05) is 0 Å². The quantitative estimate of drug-likeness (QED) is 0.866. The molecule has 0 heterocycles. The minimum atomic E-state index is -0.792. The molecule has 0 spiro atoms. The Morgan fingerprint density at radius 3 is 2.28 bits per heavy atom. The van der Waals surface area contributed by atoms with Crippen molar-refractivity contribution in [3.8, 4) is 16.9 Å². The number of aryl methyl sites for hydroxylation is 1. The van der Waals surface area contributed by atoms with Crippen molar-refractivity contribution in [2.24, 2.45) is 0 Å². The Labute approximate surface area is 105 Å². The van der Waals surface area contributed by atoms with Crippen LogP contribution in [0.2, 0.25) is 0 Å². The van der Waals surface area contributed by atoms with Crippen molar-refractivity contribution in [1.29, 1.82) is 0 Å². The number of phenols is 1. The number of aliphatic carboxylic acids is 1. The SMILES string of the molecule is O=C(O)CCc1ccc(-c2ccccc2O)cc1. The molecule has 0 aliphatic heterocycles. The van der Waals surface area contributed by atoms with Gasteiger partial charge in [0.15, 0.2) is 0 Å². The summed E-state index contributed by atoms with van der Waals surface area (Å²) in [5.41, 5.74) is 2.69. The number of carboxylic acids is 1. The molecule has 0 amide bonds. The van der Waals surface area contributed by atoms with Gasteiger partial charge < -0.3 is 10.2 Å². The molecule has 18 heavy (non-hydrogen) atoms. The van der Waals surface area contributed by atoms with Crippen LogP contribution >= 0.6 is 0 Å². The Bertz CT molecular complexity index is 544. The van der Waals surface area contributed by atoms with Crippen LogP contribution in [-0.2, 0) is 11.2 Å². The van der Waals surface area contributed by atoms with E-state index in [1.807, 2.05) is 36.4 Å². The van der Waals surface area contributed by atoms with E-state index in [4.69, 9.17) is 5.11 Å². The van der Waals surface area contributed by atoms with Gasteiger partial charge in [-0.25, -0.2) is 0 Å². The first-order valence-corrected chi connectivity index (χ1v) is 5.76. The summed E-state index contributed by atoms with van der Waals surface area (Å²) >= 11 is 0. The fourth-order valence-electron chi connectivity index (χ4n) is 1.82. The Hall–Kier alpha value is -2.29. The molecular weight excluding hydrogens is 228 g/mol. The van der Waals surface area contributed by atoms with E-state index in [9.17, 15) is 9.90 Å².